The van der Waals surface area contributed by atoms with Crippen LogP contribution in [0.25, 0.3) is 0 Å². The van der Waals surface area contributed by atoms with Crippen molar-refractivity contribution in [3.63, 3.8) is 0 Å². The van der Waals surface area contributed by atoms with Crippen molar-refractivity contribution >= 4 is 0 Å². The molecular weight excluding hydrogens is 198 g/mol. The summed E-state index contributed by atoms with van der Waals surface area (Å²) in [6.45, 7) is 12.3. The number of aliphatic hydroxyl groups is 1. The molecule has 0 aliphatic carbocycles. The largest absolute Gasteiger partial charge is 0.513 e. The summed E-state index contributed by atoms with van der Waals surface area (Å²) in [6, 6.07) is 0. The highest BCUT2D eigenvalue weighted by molar-refractivity contribution is 5.03. The second-order valence-corrected chi connectivity index (χ2v) is 3.77. The minimum absolute atomic E-state index is 0.345. The summed E-state index contributed by atoms with van der Waals surface area (Å²) in [5.74, 6) is 1.32. The van der Waals surface area contributed by atoms with E-state index in [9.17, 15) is 0 Å². The molecule has 96 valence electrons. The third-order valence-corrected chi connectivity index (χ3v) is 2.16. The van der Waals surface area contributed by atoms with Crippen LogP contribution in [-0.2, 0) is 0 Å². The van der Waals surface area contributed by atoms with E-state index >= 15 is 0 Å². The maximum Gasteiger partial charge on any atom is 0.0891 e. The molecular formula is C14H29NO. The van der Waals surface area contributed by atoms with Gasteiger partial charge in [0.25, 0.3) is 0 Å². The van der Waals surface area contributed by atoms with Crippen LogP contribution in [0.4, 0.5) is 0 Å². The molecule has 0 amide bonds. The van der Waals surface area contributed by atoms with E-state index in [2.05, 4.69) is 12.2 Å². The molecule has 0 bridgehead atoms. The molecule has 0 saturated carbocycles. The van der Waals surface area contributed by atoms with Gasteiger partial charge in [-0.3, -0.25) is 0 Å². The average Bonchev–Trinajstić information content (AvgIpc) is 2.31. The Balaban J connectivity index is 0. The number of nitrogens with one attached hydrogen (secondary N) is 1. The number of hydrogen-bond acceptors (Lipinski definition) is 2. The Labute approximate surface area is 101 Å². The van der Waals surface area contributed by atoms with Gasteiger partial charge >= 0.3 is 0 Å². The summed E-state index contributed by atoms with van der Waals surface area (Å²) in [6.07, 6.45) is 8.04. The summed E-state index contributed by atoms with van der Waals surface area (Å²) in [5.41, 5.74) is 0. The molecule has 2 N–H and O–H groups in total. The fourth-order valence-electron chi connectivity index (χ4n) is 1.20. The van der Waals surface area contributed by atoms with E-state index in [0.29, 0.717) is 5.76 Å². The smallest absolute Gasteiger partial charge is 0.0891 e. The van der Waals surface area contributed by atoms with E-state index in [0.717, 1.165) is 5.92 Å². The standard InChI is InChI=1S/C6H13N.C6H10O.C2H6/c1-6-2-4-7-5-3-6;1-3-4-5-6(2)7;1-2/h6-7H,2-5H2,1H3;3-5,7H,1-2H3;1-2H3/b;4-3-,6-5+;. The SMILES string of the molecule is C/C=C\C=C(/C)O.CC.CC1CCNCC1. The Morgan fingerprint density at radius 3 is 1.94 bits per heavy atom. The molecule has 1 rings (SSSR count). The molecule has 1 aliphatic rings. The summed E-state index contributed by atoms with van der Waals surface area (Å²) in [5, 5.41) is 11.8. The molecule has 0 aromatic rings. The van der Waals surface area contributed by atoms with E-state index < -0.39 is 0 Å². The van der Waals surface area contributed by atoms with Gasteiger partial charge in [-0.05, 0) is 51.8 Å². The van der Waals surface area contributed by atoms with Crippen LogP contribution in [0.2, 0.25) is 0 Å². The van der Waals surface area contributed by atoms with E-state index in [1.54, 1.807) is 19.1 Å². The van der Waals surface area contributed by atoms with E-state index in [1.165, 1.54) is 25.9 Å². The second-order valence-electron chi connectivity index (χ2n) is 3.77. The molecule has 0 radical (unpaired) electrons. The van der Waals surface area contributed by atoms with Crippen molar-refractivity contribution in [2.24, 2.45) is 5.92 Å². The molecule has 0 aromatic carbocycles. The predicted octanol–water partition coefficient (Wildman–Crippen LogP) is 4.06. The van der Waals surface area contributed by atoms with Crippen molar-refractivity contribution in [1.29, 1.82) is 0 Å². The number of rotatable bonds is 1. The van der Waals surface area contributed by atoms with Gasteiger partial charge in [-0.2, -0.15) is 0 Å². The third-order valence-electron chi connectivity index (χ3n) is 2.16. The summed E-state index contributed by atoms with van der Waals surface area (Å²) >= 11 is 0. The Morgan fingerprint density at radius 1 is 1.25 bits per heavy atom. The molecule has 0 aromatic heterocycles. The minimum atomic E-state index is 0.345. The first-order chi connectivity index (χ1) is 7.66. The van der Waals surface area contributed by atoms with Crippen LogP contribution >= 0.6 is 0 Å². The molecule has 0 atom stereocenters. The lowest BCUT2D eigenvalue weighted by molar-refractivity contribution is 0.402. The summed E-state index contributed by atoms with van der Waals surface area (Å²) in [7, 11) is 0. The van der Waals surface area contributed by atoms with Crippen LogP contribution in [-0.4, -0.2) is 18.2 Å². The van der Waals surface area contributed by atoms with Gasteiger partial charge in [-0.1, -0.05) is 32.9 Å². The molecule has 2 nitrogen and oxygen atoms in total. The van der Waals surface area contributed by atoms with E-state index in [-0.39, 0.29) is 0 Å². The second kappa shape index (κ2) is 14.2. The molecule has 0 spiro atoms. The highest BCUT2D eigenvalue weighted by atomic mass is 16.3. The number of allylic oxidation sites excluding steroid dienone is 4. The summed E-state index contributed by atoms with van der Waals surface area (Å²) in [4.78, 5) is 0. The zero-order valence-electron chi connectivity index (χ0n) is 11.6. The Bertz CT molecular complexity index is 175. The zero-order chi connectivity index (χ0) is 12.8. The van der Waals surface area contributed by atoms with Crippen molar-refractivity contribution in [1.82, 2.24) is 5.32 Å². The van der Waals surface area contributed by atoms with Crippen LogP contribution < -0.4 is 5.32 Å². The summed E-state index contributed by atoms with van der Waals surface area (Å²) < 4.78 is 0. The maximum absolute atomic E-state index is 8.49. The van der Waals surface area contributed by atoms with Gasteiger partial charge in [0.2, 0.25) is 0 Å². The topological polar surface area (TPSA) is 32.3 Å². The lowest BCUT2D eigenvalue weighted by Gasteiger charge is -2.17. The average molecular weight is 227 g/mol. The van der Waals surface area contributed by atoms with Gasteiger partial charge in [0, 0.05) is 0 Å². The van der Waals surface area contributed by atoms with Crippen molar-refractivity contribution in [2.75, 3.05) is 13.1 Å². The lowest BCUT2D eigenvalue weighted by Crippen LogP contribution is -2.26. The first kappa shape index (κ1) is 17.6. The molecule has 1 aliphatic heterocycles. The first-order valence-electron chi connectivity index (χ1n) is 6.36. The highest BCUT2D eigenvalue weighted by Crippen LogP contribution is 2.08. The Kier molecular flexibility index (Phi) is 15.7. The van der Waals surface area contributed by atoms with E-state index in [4.69, 9.17) is 5.11 Å². The van der Waals surface area contributed by atoms with Crippen LogP contribution in [0.3, 0.4) is 0 Å². The number of piperidine rings is 1. The molecule has 1 saturated heterocycles. The predicted molar refractivity (Wildman–Crippen MR) is 73.8 cm³/mol. The lowest BCUT2D eigenvalue weighted by atomic mass is 10.0. The normalized spacial score (nSPS) is 17.2. The van der Waals surface area contributed by atoms with Crippen LogP contribution in [0.5, 0.6) is 0 Å². The third kappa shape index (κ3) is 15.7. The molecule has 16 heavy (non-hydrogen) atoms. The van der Waals surface area contributed by atoms with Crippen LogP contribution in [0, 0.1) is 5.92 Å². The quantitative estimate of drug-likeness (QED) is 0.523. The maximum atomic E-state index is 8.49. The van der Waals surface area contributed by atoms with Crippen molar-refractivity contribution in [3.8, 4) is 0 Å². The number of aliphatic hydroxyl groups excluding tert-OH is 1. The van der Waals surface area contributed by atoms with Crippen molar-refractivity contribution < 1.29 is 5.11 Å². The number of hydrogen-bond donors (Lipinski definition) is 2. The van der Waals surface area contributed by atoms with E-state index in [1.807, 2.05) is 26.8 Å². The van der Waals surface area contributed by atoms with Gasteiger partial charge in [-0.25, -0.2) is 0 Å². The molecule has 0 unspecified atom stereocenters. The van der Waals surface area contributed by atoms with Gasteiger partial charge in [0.15, 0.2) is 0 Å². The Morgan fingerprint density at radius 2 is 1.75 bits per heavy atom. The fourth-order valence-corrected chi connectivity index (χ4v) is 1.20. The molecule has 1 fully saturated rings. The molecule has 2 heteroatoms. The van der Waals surface area contributed by atoms with Crippen LogP contribution in [0.1, 0.15) is 47.5 Å². The van der Waals surface area contributed by atoms with Crippen molar-refractivity contribution in [3.05, 3.63) is 24.0 Å². The molecule has 1 heterocycles. The van der Waals surface area contributed by atoms with Gasteiger partial charge in [0.05, 0.1) is 5.76 Å². The first-order valence-corrected chi connectivity index (χ1v) is 6.36. The van der Waals surface area contributed by atoms with Crippen LogP contribution in [0.15, 0.2) is 24.0 Å². The van der Waals surface area contributed by atoms with Gasteiger partial charge in [0.1, 0.15) is 0 Å². The monoisotopic (exact) mass is 227 g/mol. The van der Waals surface area contributed by atoms with Crippen molar-refractivity contribution in [2.45, 2.75) is 47.5 Å². The van der Waals surface area contributed by atoms with Gasteiger partial charge < -0.3 is 10.4 Å². The highest BCUT2D eigenvalue weighted by Gasteiger charge is 2.04. The van der Waals surface area contributed by atoms with Gasteiger partial charge in [-0.15, -0.1) is 0 Å². The zero-order valence-corrected chi connectivity index (χ0v) is 11.6. The minimum Gasteiger partial charge on any atom is -0.513 e. The fraction of sp³-hybridized carbons (Fsp3) is 0.714. The Hall–Kier alpha value is -0.760.